The Morgan fingerprint density at radius 2 is 1.24 bits per heavy atom. The average Bonchev–Trinajstić information content (AvgIpc) is 1.10. The van der Waals surface area contributed by atoms with Crippen LogP contribution in [0.25, 0.3) is 21.7 Å². The van der Waals surface area contributed by atoms with Crippen LogP contribution in [0.3, 0.4) is 0 Å². The fourth-order valence-corrected chi connectivity index (χ4v) is 17.9. The van der Waals surface area contributed by atoms with Crippen molar-refractivity contribution < 1.29 is 86.6 Å². The van der Waals surface area contributed by atoms with Crippen LogP contribution in [-0.2, 0) is 96.0 Å². The molecular formula is C89H129N17O18S2. The number of aromatic nitrogens is 1. The SMILES string of the molecule is CC(=O)NCCCC[C@H](NC(=O)[C@](C)(CCCCN)CC(=O)[C@H](Cc1ccc2ccccc2c1)NC(=O)[C@@H](CC(=O)[C@H]1NC(=O)[C@H](CCC(N)=O)NC(=O)[C@H](Cc2c[nH]c3c(C)cccc23)NC(=O)[C@H]([C@@H](C)O)NC(=O)[C@H](CCCCC(N)=O)NC(=O)[C@@H](NC(C)=O)C(C)(C)SSC1(C)C)Cc1ccc(OCCN)cc1)C(=O)C[C@H](CNCCC(N)=O)CC(N)=O. The number of benzene rings is 4. The lowest BCUT2D eigenvalue weighted by Gasteiger charge is -2.39. The molecule has 4 aromatic carbocycles. The Hall–Kier alpha value is -10.9. The summed E-state index contributed by atoms with van der Waals surface area (Å²) < 4.78 is 2.75. The van der Waals surface area contributed by atoms with E-state index in [-0.39, 0.29) is 122 Å². The number of carbonyl (C=O) groups is 16. The van der Waals surface area contributed by atoms with E-state index in [2.05, 4.69) is 58.2 Å². The van der Waals surface area contributed by atoms with Gasteiger partial charge in [-0.2, -0.15) is 0 Å². The predicted octanol–water partition coefficient (Wildman–Crippen LogP) is 2.43. The Bertz CT molecular complexity index is 4640. The zero-order valence-corrected chi connectivity index (χ0v) is 75.2. The van der Waals surface area contributed by atoms with Gasteiger partial charge in [-0.15, -0.1) is 0 Å². The third-order valence-electron chi connectivity index (χ3n) is 22.1. The Balaban J connectivity index is 1.53. The smallest absolute Gasteiger partial charge is 0.245 e. The van der Waals surface area contributed by atoms with E-state index in [9.17, 15) is 48.3 Å². The highest BCUT2D eigenvalue weighted by molar-refractivity contribution is 8.77. The minimum Gasteiger partial charge on any atom is -0.492 e. The summed E-state index contributed by atoms with van der Waals surface area (Å²) in [5.74, 6) is -14.2. The van der Waals surface area contributed by atoms with Crippen LogP contribution in [0.2, 0.25) is 0 Å². The van der Waals surface area contributed by atoms with Crippen molar-refractivity contribution in [3.63, 3.8) is 0 Å². The molecule has 37 heteroatoms. The molecule has 35 nitrogen and oxygen atoms in total. The van der Waals surface area contributed by atoms with Crippen LogP contribution in [0.1, 0.15) is 187 Å². The first-order valence-electron chi connectivity index (χ1n) is 42.8. The van der Waals surface area contributed by atoms with Crippen LogP contribution in [0.4, 0.5) is 0 Å². The van der Waals surface area contributed by atoms with Gasteiger partial charge in [0.15, 0.2) is 17.3 Å². The Kier molecular flexibility index (Phi) is 41.6. The number of nitrogens with one attached hydrogen (secondary N) is 11. The number of primary amides is 4. The first-order valence-corrected chi connectivity index (χ1v) is 45.0. The van der Waals surface area contributed by atoms with Crippen molar-refractivity contribution in [2.75, 3.05) is 39.3 Å². The second-order valence-electron chi connectivity index (χ2n) is 34.0. The van der Waals surface area contributed by atoms with Gasteiger partial charge in [0, 0.05) is 117 Å². The lowest BCUT2D eigenvalue weighted by Crippen LogP contribution is -2.63. The van der Waals surface area contributed by atoms with Gasteiger partial charge in [-0.1, -0.05) is 114 Å². The van der Waals surface area contributed by atoms with E-state index >= 15 is 33.6 Å². The van der Waals surface area contributed by atoms with Crippen LogP contribution < -0.4 is 92.3 Å². The standard InChI is InChI=1S/C89H129N17O18S2/c1-51-19-18-22-63-61(50-98-76(51)63)46-68-83(120)100-66(32-33-73(93)114)82(119)106-78(87(5,6)125-126-88(7,8)79(99-54(4)109)85(122)101-65(24-12-13-25-72(92)113)81(118)105-77(52(2)107)84(121)103-68)70(111)47-60(41-55-27-30-62(31-28-55)124-40-37-91)80(117)102-67(43-56-26-29-58-20-10-11-21-59(58)42-56)71(112)48-89(9,35-15-16-36-90)86(123)104-64(23-14-17-38-97-53(3)108)69(110)44-57(45-75(95)116)49-96-39-34-74(94)115/h10-11,18-22,26-31,42,50,52,57,60,64-68,77-79,96,98,107H,12-17,23-25,32-41,43-49,90-91H2,1-9H3,(H2,92,113)(H2,93,114)(H2,94,115)(H2,95,116)(H,97,108)(H,99,109)(H,100,120)(H,101,122)(H,102,117)(H,103,121)(H,104,123)(H,105,118)(H,106,119)/t52-,57+,60-,64+,65+,66+,67+,68+,77+,78-,79-,89-/m1/s1. The lowest BCUT2D eigenvalue weighted by molar-refractivity contribution is -0.139. The molecule has 1 aromatic heterocycles. The molecule has 1 fully saturated rings. The molecule has 24 N–H and O–H groups in total. The van der Waals surface area contributed by atoms with E-state index < -0.39 is 195 Å². The number of ketones is 3. The quantitative estimate of drug-likeness (QED) is 0.0196. The molecule has 0 aliphatic carbocycles. The van der Waals surface area contributed by atoms with Crippen LogP contribution in [0, 0.1) is 24.2 Å². The van der Waals surface area contributed by atoms with E-state index in [1.54, 1.807) is 83.3 Å². The topological polar surface area (TPSA) is 595 Å². The van der Waals surface area contributed by atoms with Crippen molar-refractivity contribution in [1.82, 2.24) is 58.2 Å². The van der Waals surface area contributed by atoms with Crippen molar-refractivity contribution >= 4 is 137 Å². The normalized spacial score (nSPS) is 19.4. The highest BCUT2D eigenvalue weighted by atomic mass is 33.1. The van der Waals surface area contributed by atoms with E-state index in [1.807, 2.05) is 49.4 Å². The third-order valence-corrected chi connectivity index (χ3v) is 26.4. The molecule has 6 rings (SSSR count). The number of hydrogen-bond donors (Lipinski definition) is 18. The number of Topliss-reactive ketones (excluding diaryl/α,β-unsaturated/α-hetero) is 3. The van der Waals surface area contributed by atoms with Crippen molar-refractivity contribution in [2.45, 2.75) is 255 Å². The minimum atomic E-state index is -1.85. The molecule has 0 spiro atoms. The van der Waals surface area contributed by atoms with Gasteiger partial charge in [-0.25, -0.2) is 0 Å². The number of hydrogen-bond acceptors (Lipinski definition) is 23. The molecule has 13 amide bonds. The molecule has 5 aromatic rings. The molecule has 1 aliphatic heterocycles. The molecule has 12 atom stereocenters. The fraction of sp³-hybridized carbons (Fsp3) is 0.551. The van der Waals surface area contributed by atoms with E-state index in [1.165, 1.54) is 13.8 Å². The van der Waals surface area contributed by atoms with Gasteiger partial charge in [0.1, 0.15) is 48.6 Å². The number of ether oxygens (including phenoxy) is 1. The highest BCUT2D eigenvalue weighted by Crippen LogP contribution is 2.47. The number of aliphatic hydroxyl groups is 1. The minimum absolute atomic E-state index is 0.0323. The van der Waals surface area contributed by atoms with E-state index in [0.717, 1.165) is 44.8 Å². The highest BCUT2D eigenvalue weighted by Gasteiger charge is 2.47. The summed E-state index contributed by atoms with van der Waals surface area (Å²) in [4.78, 5) is 232. The van der Waals surface area contributed by atoms with Gasteiger partial charge >= 0.3 is 0 Å². The lowest BCUT2D eigenvalue weighted by atomic mass is 9.77. The van der Waals surface area contributed by atoms with Gasteiger partial charge in [-0.05, 0) is 170 Å². The van der Waals surface area contributed by atoms with Gasteiger partial charge in [0.2, 0.25) is 76.8 Å². The molecular weight excluding hydrogens is 1660 g/mol. The maximum Gasteiger partial charge on any atom is 0.245 e. The van der Waals surface area contributed by atoms with Crippen LogP contribution in [0.15, 0.2) is 91.1 Å². The van der Waals surface area contributed by atoms with Crippen LogP contribution >= 0.6 is 21.6 Å². The number of H-pyrrole nitrogens is 1. The number of unbranched alkanes of at least 4 members (excludes halogenated alkanes) is 3. The zero-order chi connectivity index (χ0) is 93.2. The Labute approximate surface area is 743 Å². The number of aliphatic hydroxyl groups excluding tert-OH is 1. The van der Waals surface area contributed by atoms with Crippen molar-refractivity contribution in [2.24, 2.45) is 51.7 Å². The number of carbonyl (C=O) groups excluding carboxylic acids is 16. The number of aryl methyl sites for hydroxylation is 1. The first kappa shape index (κ1) is 104. The van der Waals surface area contributed by atoms with Crippen LogP contribution in [-0.4, -0.2) is 207 Å². The van der Waals surface area contributed by atoms with Gasteiger partial charge in [0.05, 0.1) is 23.6 Å². The second-order valence-corrected chi connectivity index (χ2v) is 37.4. The monoisotopic (exact) mass is 1790 g/mol. The van der Waals surface area contributed by atoms with Crippen molar-refractivity contribution in [1.29, 1.82) is 0 Å². The molecule has 0 radical (unpaired) electrons. The summed E-state index contributed by atoms with van der Waals surface area (Å²) in [6.07, 6.45) is -2.16. The molecule has 2 heterocycles. The Morgan fingerprint density at radius 3 is 1.89 bits per heavy atom. The summed E-state index contributed by atoms with van der Waals surface area (Å²) in [6.45, 7) is 14.4. The number of rotatable bonds is 48. The summed E-state index contributed by atoms with van der Waals surface area (Å²) in [7, 11) is 1.94. The number of amides is 13. The molecule has 0 unspecified atom stereocenters. The summed E-state index contributed by atoms with van der Waals surface area (Å²) >= 11 is 0. The van der Waals surface area contributed by atoms with Crippen molar-refractivity contribution in [3.05, 3.63) is 113 Å². The summed E-state index contributed by atoms with van der Waals surface area (Å²) in [6, 6.07) is 12.1. The molecule has 126 heavy (non-hydrogen) atoms. The molecule has 0 bridgehead atoms. The number of aromatic amines is 1. The molecule has 1 aliphatic rings. The number of nitrogens with two attached hydrogens (primary N) is 6. The molecule has 1 saturated heterocycles. The largest absolute Gasteiger partial charge is 0.492 e. The number of fused-ring (bicyclic) bond motifs is 2. The Morgan fingerprint density at radius 1 is 0.595 bits per heavy atom. The van der Waals surface area contributed by atoms with Gasteiger partial charge in [0.25, 0.3) is 0 Å². The number of para-hydroxylation sites is 1. The maximum atomic E-state index is 16.4. The summed E-state index contributed by atoms with van der Waals surface area (Å²) in [5, 5.41) is 41.5. The van der Waals surface area contributed by atoms with Crippen LogP contribution in [0.5, 0.6) is 5.75 Å². The van der Waals surface area contributed by atoms with Gasteiger partial charge < -0.3 is 102 Å². The fourth-order valence-electron chi connectivity index (χ4n) is 15.1. The van der Waals surface area contributed by atoms with E-state index in [4.69, 9.17) is 39.1 Å². The second kappa shape index (κ2) is 50.5. The summed E-state index contributed by atoms with van der Waals surface area (Å²) in [5.41, 5.74) is 35.5. The first-order chi connectivity index (χ1) is 59.5. The average molecular weight is 1790 g/mol. The van der Waals surface area contributed by atoms with E-state index in [0.29, 0.717) is 59.0 Å². The molecule has 0 saturated carbocycles. The molecule has 690 valence electrons. The zero-order valence-electron chi connectivity index (χ0n) is 73.6. The van der Waals surface area contributed by atoms with Gasteiger partial charge in [-0.3, -0.25) is 76.7 Å². The third kappa shape index (κ3) is 33.8. The van der Waals surface area contributed by atoms with Crippen molar-refractivity contribution in [3.8, 4) is 5.75 Å². The maximum absolute atomic E-state index is 16.4. The predicted molar refractivity (Wildman–Crippen MR) is 481 cm³/mol.